The Labute approximate surface area is 194 Å². The molecule has 10 nitrogen and oxygen atoms in total. The number of nitro benzene ring substituents is 1. The van der Waals surface area contributed by atoms with Crippen LogP contribution < -0.4 is 15.5 Å². The first kappa shape index (κ1) is 23.8. The first-order chi connectivity index (χ1) is 16.2. The normalized spacial score (nSPS) is 10.5. The van der Waals surface area contributed by atoms with Gasteiger partial charge in [0.2, 0.25) is 0 Å². The molecule has 172 valence electrons. The lowest BCUT2D eigenvalue weighted by Gasteiger charge is -2.08. The summed E-state index contributed by atoms with van der Waals surface area (Å²) >= 11 is 0. The molecule has 0 spiro atoms. The highest BCUT2D eigenvalue weighted by molar-refractivity contribution is 6.39. The molecule has 0 heterocycles. The van der Waals surface area contributed by atoms with Crippen molar-refractivity contribution >= 4 is 35.4 Å². The summed E-state index contributed by atoms with van der Waals surface area (Å²) in [6.07, 6.45) is 1.32. The van der Waals surface area contributed by atoms with Crippen LogP contribution in [0.2, 0.25) is 0 Å². The van der Waals surface area contributed by atoms with Gasteiger partial charge in [-0.15, -0.1) is 0 Å². The van der Waals surface area contributed by atoms with Crippen LogP contribution in [0.25, 0.3) is 0 Å². The molecule has 10 heteroatoms. The summed E-state index contributed by atoms with van der Waals surface area (Å²) < 4.78 is 5.23. The van der Waals surface area contributed by atoms with Gasteiger partial charge in [-0.2, -0.15) is 5.10 Å². The van der Waals surface area contributed by atoms with Gasteiger partial charge >= 0.3 is 17.8 Å². The van der Waals surface area contributed by atoms with Gasteiger partial charge in [0, 0.05) is 17.8 Å². The van der Waals surface area contributed by atoms with Gasteiger partial charge in [-0.3, -0.25) is 19.7 Å². The van der Waals surface area contributed by atoms with Gasteiger partial charge in [0.1, 0.15) is 5.75 Å². The second-order valence-corrected chi connectivity index (χ2v) is 7.23. The molecule has 0 unspecified atom stereocenters. The minimum Gasteiger partial charge on any atom is -0.423 e. The first-order valence-corrected chi connectivity index (χ1v) is 10.0. The van der Waals surface area contributed by atoms with Crippen molar-refractivity contribution in [3.05, 3.63) is 99.1 Å². The van der Waals surface area contributed by atoms with Crippen LogP contribution in [0, 0.1) is 24.0 Å². The second kappa shape index (κ2) is 10.6. The number of nitro groups is 1. The number of benzene rings is 3. The lowest BCUT2D eigenvalue weighted by molar-refractivity contribution is -0.384. The van der Waals surface area contributed by atoms with E-state index >= 15 is 0 Å². The number of carbonyl (C=O) groups is 3. The highest BCUT2D eigenvalue weighted by atomic mass is 16.6. The van der Waals surface area contributed by atoms with E-state index in [4.69, 9.17) is 4.74 Å². The van der Waals surface area contributed by atoms with Gasteiger partial charge in [0.15, 0.2) is 0 Å². The van der Waals surface area contributed by atoms with Gasteiger partial charge in [-0.1, -0.05) is 12.1 Å². The second-order valence-electron chi connectivity index (χ2n) is 7.23. The topological polar surface area (TPSA) is 140 Å². The average molecular weight is 460 g/mol. The van der Waals surface area contributed by atoms with Gasteiger partial charge < -0.3 is 10.1 Å². The van der Waals surface area contributed by atoms with E-state index in [9.17, 15) is 24.5 Å². The maximum absolute atomic E-state index is 12.2. The van der Waals surface area contributed by atoms with Crippen LogP contribution in [0.3, 0.4) is 0 Å². The summed E-state index contributed by atoms with van der Waals surface area (Å²) in [4.78, 5) is 46.3. The zero-order valence-corrected chi connectivity index (χ0v) is 18.3. The van der Waals surface area contributed by atoms with Crippen LogP contribution in [0.4, 0.5) is 11.4 Å². The standard InChI is InChI=1S/C24H20N4O6/c1-15-3-4-16(2)21(13-15)26-22(29)23(30)27-25-14-17-5-11-20(12-6-17)34-24(31)18-7-9-19(10-8-18)28(32)33/h3-14H,1-2H3,(H,26,29)(H,27,30)/b25-14+. The number of nitrogens with zero attached hydrogens (tertiary/aromatic N) is 2. The third-order valence-corrected chi connectivity index (χ3v) is 4.63. The first-order valence-electron chi connectivity index (χ1n) is 10.0. The van der Waals surface area contributed by atoms with Crippen LogP contribution in [-0.2, 0) is 9.59 Å². The number of non-ortho nitro benzene ring substituents is 1. The summed E-state index contributed by atoms with van der Waals surface area (Å²) in [6, 6.07) is 16.7. The molecular weight excluding hydrogens is 440 g/mol. The van der Waals surface area contributed by atoms with Crippen LogP contribution in [0.1, 0.15) is 27.0 Å². The lowest BCUT2D eigenvalue weighted by Crippen LogP contribution is -2.32. The van der Waals surface area contributed by atoms with Gasteiger partial charge in [0.25, 0.3) is 5.69 Å². The number of rotatable bonds is 6. The fraction of sp³-hybridized carbons (Fsp3) is 0.0833. The van der Waals surface area contributed by atoms with Crippen molar-refractivity contribution in [2.45, 2.75) is 13.8 Å². The largest absolute Gasteiger partial charge is 0.423 e. The molecule has 3 aromatic carbocycles. The van der Waals surface area contributed by atoms with Crippen LogP contribution in [-0.4, -0.2) is 28.9 Å². The minimum atomic E-state index is -0.925. The molecule has 3 aromatic rings. The summed E-state index contributed by atoms with van der Waals surface area (Å²) in [6.45, 7) is 3.69. The lowest BCUT2D eigenvalue weighted by atomic mass is 10.1. The fourth-order valence-corrected chi connectivity index (χ4v) is 2.77. The highest BCUT2D eigenvalue weighted by Crippen LogP contribution is 2.17. The number of nitrogens with one attached hydrogen (secondary N) is 2. The Bertz CT molecular complexity index is 1270. The van der Waals surface area contributed by atoms with Gasteiger partial charge in [-0.25, -0.2) is 10.2 Å². The quantitative estimate of drug-likeness (QED) is 0.144. The number of hydrogen-bond donors (Lipinski definition) is 2. The number of amides is 2. The van der Waals surface area contributed by atoms with Crippen molar-refractivity contribution in [1.82, 2.24) is 5.43 Å². The Kier molecular flexibility index (Phi) is 7.45. The molecule has 0 bridgehead atoms. The number of hydrazone groups is 1. The zero-order valence-electron chi connectivity index (χ0n) is 18.3. The van der Waals surface area contributed by atoms with Crippen LogP contribution in [0.5, 0.6) is 5.75 Å². The van der Waals surface area contributed by atoms with Crippen molar-refractivity contribution in [1.29, 1.82) is 0 Å². The van der Waals surface area contributed by atoms with Crippen molar-refractivity contribution in [3.63, 3.8) is 0 Å². The Morgan fingerprint density at radius 3 is 2.26 bits per heavy atom. The Balaban J connectivity index is 1.52. The molecule has 0 aliphatic heterocycles. The molecule has 0 fully saturated rings. The molecule has 0 aliphatic carbocycles. The van der Waals surface area contributed by atoms with E-state index in [1.807, 2.05) is 26.0 Å². The predicted octanol–water partition coefficient (Wildman–Crippen LogP) is 3.52. The van der Waals surface area contributed by atoms with Crippen molar-refractivity contribution in [2.75, 3.05) is 5.32 Å². The average Bonchev–Trinajstić information content (AvgIpc) is 2.82. The Morgan fingerprint density at radius 1 is 0.941 bits per heavy atom. The molecule has 34 heavy (non-hydrogen) atoms. The number of anilines is 1. The van der Waals surface area contributed by atoms with Crippen LogP contribution in [0.15, 0.2) is 71.8 Å². The van der Waals surface area contributed by atoms with Crippen molar-refractivity contribution < 1.29 is 24.0 Å². The molecule has 0 aromatic heterocycles. The summed E-state index contributed by atoms with van der Waals surface area (Å²) in [5.74, 6) is -2.19. The molecule has 0 radical (unpaired) electrons. The summed E-state index contributed by atoms with van der Waals surface area (Å²) in [7, 11) is 0. The third-order valence-electron chi connectivity index (χ3n) is 4.63. The maximum Gasteiger partial charge on any atom is 0.343 e. The smallest absolute Gasteiger partial charge is 0.343 e. The molecule has 0 atom stereocenters. The maximum atomic E-state index is 12.2. The van der Waals surface area contributed by atoms with Crippen LogP contribution >= 0.6 is 0 Å². The molecule has 2 amide bonds. The number of ether oxygens (including phenoxy) is 1. The van der Waals surface area contributed by atoms with E-state index in [1.54, 1.807) is 18.2 Å². The summed E-state index contributed by atoms with van der Waals surface area (Å²) in [5.41, 5.74) is 5.07. The SMILES string of the molecule is Cc1ccc(C)c(NC(=O)C(=O)N/N=C/c2ccc(OC(=O)c3ccc([N+](=O)[O-])cc3)cc2)c1. The number of carbonyl (C=O) groups excluding carboxylic acids is 3. The number of hydrogen-bond acceptors (Lipinski definition) is 7. The summed E-state index contributed by atoms with van der Waals surface area (Å²) in [5, 5.41) is 17.0. The predicted molar refractivity (Wildman–Crippen MR) is 125 cm³/mol. The highest BCUT2D eigenvalue weighted by Gasteiger charge is 2.14. The van der Waals surface area contributed by atoms with E-state index in [2.05, 4.69) is 15.8 Å². The molecule has 3 rings (SSSR count). The zero-order chi connectivity index (χ0) is 24.7. The molecule has 0 aliphatic rings. The van der Waals surface area contributed by atoms with E-state index < -0.39 is 22.7 Å². The molecule has 0 saturated heterocycles. The number of esters is 1. The Hall–Kier alpha value is -4.86. The van der Waals surface area contributed by atoms with Crippen molar-refractivity contribution in [3.8, 4) is 5.75 Å². The molecule has 2 N–H and O–H groups in total. The monoisotopic (exact) mass is 460 g/mol. The number of aryl methyl sites for hydroxylation is 2. The molecular formula is C24H20N4O6. The van der Waals surface area contributed by atoms with E-state index in [1.165, 1.54) is 42.6 Å². The van der Waals surface area contributed by atoms with Gasteiger partial charge in [-0.05, 0) is 73.0 Å². The van der Waals surface area contributed by atoms with E-state index in [-0.39, 0.29) is 17.0 Å². The Morgan fingerprint density at radius 2 is 1.62 bits per heavy atom. The fourth-order valence-electron chi connectivity index (χ4n) is 2.77. The van der Waals surface area contributed by atoms with E-state index in [0.29, 0.717) is 11.3 Å². The third kappa shape index (κ3) is 6.33. The molecule has 0 saturated carbocycles. The van der Waals surface area contributed by atoms with E-state index in [0.717, 1.165) is 11.1 Å². The van der Waals surface area contributed by atoms with Gasteiger partial charge in [0.05, 0.1) is 16.7 Å². The van der Waals surface area contributed by atoms with Crippen molar-refractivity contribution in [2.24, 2.45) is 5.10 Å². The minimum absolute atomic E-state index is 0.130.